The molecule has 1 amide bonds. The Morgan fingerprint density at radius 3 is 2.71 bits per heavy atom. The van der Waals surface area contributed by atoms with E-state index in [0.717, 1.165) is 19.3 Å². The molecular weight excluding hydrogens is 180 g/mol. The molecule has 0 radical (unpaired) electrons. The number of hydrogen-bond acceptors (Lipinski definition) is 3. The molecule has 14 heavy (non-hydrogen) atoms. The molecule has 4 nitrogen and oxygen atoms in total. The van der Waals surface area contributed by atoms with E-state index in [-0.39, 0.29) is 18.1 Å². The minimum atomic E-state index is -0.394. The summed E-state index contributed by atoms with van der Waals surface area (Å²) in [7, 11) is 1.61. The lowest BCUT2D eigenvalue weighted by Gasteiger charge is -2.30. The average Bonchev–Trinajstić information content (AvgIpc) is 2.20. The van der Waals surface area contributed by atoms with Crippen molar-refractivity contribution in [3.63, 3.8) is 0 Å². The van der Waals surface area contributed by atoms with Gasteiger partial charge >= 0.3 is 0 Å². The molecule has 0 aliphatic heterocycles. The number of nitrogens with two attached hydrogens (primary N) is 1. The van der Waals surface area contributed by atoms with Crippen LogP contribution in [0.4, 0.5) is 0 Å². The molecule has 0 aromatic carbocycles. The Bertz CT molecular complexity index is 197. The van der Waals surface area contributed by atoms with Gasteiger partial charge in [-0.3, -0.25) is 4.79 Å². The topological polar surface area (TPSA) is 64.3 Å². The van der Waals surface area contributed by atoms with Crippen LogP contribution in [0.25, 0.3) is 0 Å². The molecule has 0 spiro atoms. The molecule has 3 unspecified atom stereocenters. The quantitative estimate of drug-likeness (QED) is 0.693. The van der Waals surface area contributed by atoms with E-state index in [1.54, 1.807) is 14.0 Å². The van der Waals surface area contributed by atoms with Crippen molar-refractivity contribution in [2.24, 2.45) is 5.73 Å². The second-order valence-electron chi connectivity index (χ2n) is 3.88. The van der Waals surface area contributed by atoms with Crippen LogP contribution in [0.1, 0.15) is 32.6 Å². The fraction of sp³-hybridized carbons (Fsp3) is 0.900. The number of likely N-dealkylation sites (N-methyl/N-ethyl adjacent to an activating group) is 1. The van der Waals surface area contributed by atoms with Crippen LogP contribution in [0.15, 0.2) is 0 Å². The van der Waals surface area contributed by atoms with Crippen LogP contribution in [0.2, 0.25) is 0 Å². The number of nitrogens with one attached hydrogen (secondary N) is 1. The molecule has 82 valence electrons. The van der Waals surface area contributed by atoms with Crippen molar-refractivity contribution in [3.8, 4) is 0 Å². The Balaban J connectivity index is 2.38. The fourth-order valence-corrected chi connectivity index (χ4v) is 1.82. The highest BCUT2D eigenvalue weighted by Crippen LogP contribution is 2.20. The molecule has 4 heteroatoms. The van der Waals surface area contributed by atoms with Crippen molar-refractivity contribution < 1.29 is 9.53 Å². The summed E-state index contributed by atoms with van der Waals surface area (Å²) in [5, 5.41) is 2.56. The second kappa shape index (κ2) is 5.32. The van der Waals surface area contributed by atoms with Crippen molar-refractivity contribution in [3.05, 3.63) is 0 Å². The van der Waals surface area contributed by atoms with Gasteiger partial charge in [0.2, 0.25) is 5.91 Å². The third-order valence-electron chi connectivity index (χ3n) is 2.75. The number of carbonyl (C=O) groups excluding carboxylic acids is 1. The number of ether oxygens (including phenoxy) is 1. The number of amides is 1. The Labute approximate surface area is 85.2 Å². The number of carbonyl (C=O) groups is 1. The van der Waals surface area contributed by atoms with Crippen LogP contribution in [-0.4, -0.2) is 31.2 Å². The lowest BCUT2D eigenvalue weighted by molar-refractivity contribution is -0.136. The van der Waals surface area contributed by atoms with Crippen molar-refractivity contribution >= 4 is 5.91 Å². The van der Waals surface area contributed by atoms with Gasteiger partial charge in [-0.25, -0.2) is 0 Å². The zero-order valence-electron chi connectivity index (χ0n) is 8.95. The Kier molecular flexibility index (Phi) is 4.35. The molecule has 0 bridgehead atoms. The molecule has 0 aromatic heterocycles. The van der Waals surface area contributed by atoms with Gasteiger partial charge < -0.3 is 15.8 Å². The maximum Gasteiger partial charge on any atom is 0.248 e. The predicted molar refractivity (Wildman–Crippen MR) is 54.8 cm³/mol. The molecule has 1 aliphatic carbocycles. The molecule has 1 fully saturated rings. The van der Waals surface area contributed by atoms with Crippen molar-refractivity contribution in [2.45, 2.75) is 50.9 Å². The van der Waals surface area contributed by atoms with Gasteiger partial charge in [0.1, 0.15) is 6.10 Å². The second-order valence-corrected chi connectivity index (χ2v) is 3.88. The summed E-state index contributed by atoms with van der Waals surface area (Å²) in [5.74, 6) is -0.0808. The van der Waals surface area contributed by atoms with E-state index in [1.165, 1.54) is 6.42 Å². The van der Waals surface area contributed by atoms with Gasteiger partial charge in [-0.1, -0.05) is 12.8 Å². The molecule has 3 N–H and O–H groups in total. The summed E-state index contributed by atoms with van der Waals surface area (Å²) >= 11 is 0. The van der Waals surface area contributed by atoms with E-state index >= 15 is 0 Å². The third-order valence-corrected chi connectivity index (χ3v) is 2.75. The van der Waals surface area contributed by atoms with E-state index in [9.17, 15) is 4.79 Å². The van der Waals surface area contributed by atoms with Crippen molar-refractivity contribution in [1.29, 1.82) is 0 Å². The van der Waals surface area contributed by atoms with Gasteiger partial charge in [0.25, 0.3) is 0 Å². The van der Waals surface area contributed by atoms with Gasteiger partial charge in [-0.05, 0) is 19.8 Å². The predicted octanol–water partition coefficient (Wildman–Crippen LogP) is 0.407. The van der Waals surface area contributed by atoms with Crippen LogP contribution in [0.3, 0.4) is 0 Å². The largest absolute Gasteiger partial charge is 0.364 e. The van der Waals surface area contributed by atoms with E-state index in [1.807, 2.05) is 0 Å². The van der Waals surface area contributed by atoms with Crippen LogP contribution in [0.5, 0.6) is 0 Å². The average molecular weight is 200 g/mol. The van der Waals surface area contributed by atoms with Crippen molar-refractivity contribution in [2.75, 3.05) is 7.05 Å². The van der Waals surface area contributed by atoms with Crippen LogP contribution < -0.4 is 11.1 Å². The summed E-state index contributed by atoms with van der Waals surface area (Å²) in [5.41, 5.74) is 5.91. The smallest absolute Gasteiger partial charge is 0.248 e. The number of rotatable bonds is 3. The van der Waals surface area contributed by atoms with Crippen LogP contribution >= 0.6 is 0 Å². The third kappa shape index (κ3) is 2.96. The van der Waals surface area contributed by atoms with Gasteiger partial charge in [-0.15, -0.1) is 0 Å². The van der Waals surface area contributed by atoms with E-state index in [4.69, 9.17) is 10.5 Å². The molecule has 3 atom stereocenters. The zero-order chi connectivity index (χ0) is 10.6. The Hall–Kier alpha value is -0.610. The van der Waals surface area contributed by atoms with Gasteiger partial charge in [0.05, 0.1) is 6.10 Å². The zero-order valence-corrected chi connectivity index (χ0v) is 8.95. The Morgan fingerprint density at radius 1 is 1.50 bits per heavy atom. The molecule has 0 heterocycles. The van der Waals surface area contributed by atoms with E-state index in [2.05, 4.69) is 5.32 Å². The van der Waals surface area contributed by atoms with Crippen molar-refractivity contribution in [1.82, 2.24) is 5.32 Å². The first kappa shape index (κ1) is 11.5. The highest BCUT2D eigenvalue weighted by atomic mass is 16.5. The maximum absolute atomic E-state index is 11.2. The monoisotopic (exact) mass is 200 g/mol. The van der Waals surface area contributed by atoms with E-state index < -0.39 is 6.10 Å². The molecular formula is C10H20N2O2. The molecule has 1 saturated carbocycles. The summed E-state index contributed by atoms with van der Waals surface area (Å²) in [6.45, 7) is 1.76. The molecule has 1 rings (SSSR count). The lowest BCUT2D eigenvalue weighted by Crippen LogP contribution is -2.44. The first-order valence-electron chi connectivity index (χ1n) is 5.27. The van der Waals surface area contributed by atoms with Gasteiger partial charge in [0.15, 0.2) is 0 Å². The maximum atomic E-state index is 11.2. The minimum Gasteiger partial charge on any atom is -0.364 e. The lowest BCUT2D eigenvalue weighted by atomic mass is 9.93. The summed E-state index contributed by atoms with van der Waals surface area (Å²) < 4.78 is 5.62. The number of hydrogen-bond donors (Lipinski definition) is 2. The van der Waals surface area contributed by atoms with Gasteiger partial charge in [0, 0.05) is 13.1 Å². The summed E-state index contributed by atoms with van der Waals surface area (Å²) in [4.78, 5) is 11.2. The Morgan fingerprint density at radius 2 is 2.14 bits per heavy atom. The van der Waals surface area contributed by atoms with Crippen LogP contribution in [0, 0.1) is 0 Å². The minimum absolute atomic E-state index is 0.0519. The SMILES string of the molecule is CNC(=O)C(C)OC1CCCCC1N. The first-order chi connectivity index (χ1) is 6.65. The fourth-order valence-electron chi connectivity index (χ4n) is 1.82. The molecule has 1 aliphatic rings. The highest BCUT2D eigenvalue weighted by molar-refractivity contribution is 5.79. The summed E-state index contributed by atoms with van der Waals surface area (Å²) in [6, 6.07) is 0.0934. The summed E-state index contributed by atoms with van der Waals surface area (Å²) in [6.07, 6.45) is 3.96. The van der Waals surface area contributed by atoms with E-state index in [0.29, 0.717) is 0 Å². The van der Waals surface area contributed by atoms with Crippen LogP contribution in [-0.2, 0) is 9.53 Å². The first-order valence-corrected chi connectivity index (χ1v) is 5.27. The molecule has 0 aromatic rings. The van der Waals surface area contributed by atoms with Gasteiger partial charge in [-0.2, -0.15) is 0 Å². The standard InChI is InChI=1S/C10H20N2O2/c1-7(10(13)12-2)14-9-6-4-3-5-8(9)11/h7-9H,3-6,11H2,1-2H3,(H,12,13). The normalized spacial score (nSPS) is 29.6. The highest BCUT2D eigenvalue weighted by Gasteiger charge is 2.26. The molecule has 0 saturated heterocycles.